The van der Waals surface area contributed by atoms with Crippen LogP contribution in [0, 0.1) is 11.5 Å². The maximum Gasteiger partial charge on any atom is -0.0149 e. The van der Waals surface area contributed by atoms with Crippen molar-refractivity contribution >= 4 is 0 Å². The second kappa shape index (κ2) is 7.41. The van der Waals surface area contributed by atoms with E-state index < -0.39 is 0 Å². The van der Waals surface area contributed by atoms with Crippen molar-refractivity contribution in [2.75, 3.05) is 0 Å². The number of allylic oxidation sites excluding steroid dienone is 1. The summed E-state index contributed by atoms with van der Waals surface area (Å²) in [6, 6.07) is 8.82. The molecule has 0 unspecified atom stereocenters. The van der Waals surface area contributed by atoms with Crippen LogP contribution in [0.3, 0.4) is 0 Å². The Kier molecular flexibility index (Phi) is 6.18. The molecule has 0 fully saturated rings. The minimum absolute atomic E-state index is 0.362. The molecule has 1 rings (SSSR count). The van der Waals surface area contributed by atoms with Gasteiger partial charge in [0.25, 0.3) is 0 Å². The van der Waals surface area contributed by atoms with E-state index in [-0.39, 0.29) is 0 Å². The van der Waals surface area contributed by atoms with E-state index in [4.69, 9.17) is 0 Å². The van der Waals surface area contributed by atoms with Gasteiger partial charge < -0.3 is 0 Å². The van der Waals surface area contributed by atoms with Gasteiger partial charge in [-0.3, -0.25) is 0 Å². The molecule has 1 radical (unpaired) electrons. The summed E-state index contributed by atoms with van der Waals surface area (Å²) in [7, 11) is 0. The lowest BCUT2D eigenvalue weighted by Gasteiger charge is -2.17. The van der Waals surface area contributed by atoms with Crippen LogP contribution in [0.15, 0.2) is 30.3 Å². The molecule has 1 aromatic carbocycles. The molecule has 0 aliphatic heterocycles. The van der Waals surface area contributed by atoms with Gasteiger partial charge in [0.05, 0.1) is 0 Å². The molecule has 0 N–H and O–H groups in total. The molecule has 0 spiro atoms. The molecule has 0 saturated carbocycles. The SMILES string of the molecule is CCCCC/C=[C]\c1ccc(CC(C)(C)C)cc1. The second-order valence-electron chi connectivity index (χ2n) is 6.28. The van der Waals surface area contributed by atoms with Crippen LogP contribution in [-0.2, 0) is 6.42 Å². The fourth-order valence-electron chi connectivity index (χ4n) is 2.02. The Hall–Kier alpha value is -1.04. The monoisotopic (exact) mass is 243 g/mol. The smallest absolute Gasteiger partial charge is 0.0149 e. The Balaban J connectivity index is 2.45. The van der Waals surface area contributed by atoms with Crippen molar-refractivity contribution in [1.82, 2.24) is 0 Å². The lowest BCUT2D eigenvalue weighted by atomic mass is 9.88. The third kappa shape index (κ3) is 6.64. The molecule has 0 amide bonds. The first-order chi connectivity index (χ1) is 8.51. The number of hydrogen-bond donors (Lipinski definition) is 0. The quantitative estimate of drug-likeness (QED) is 0.573. The molecule has 0 saturated heterocycles. The molecule has 0 bridgehead atoms. The summed E-state index contributed by atoms with van der Waals surface area (Å²) >= 11 is 0. The summed E-state index contributed by atoms with van der Waals surface area (Å²) in [5, 5.41) is 0. The van der Waals surface area contributed by atoms with Crippen molar-refractivity contribution in [3.8, 4) is 0 Å². The van der Waals surface area contributed by atoms with E-state index in [2.05, 4.69) is 64.1 Å². The summed E-state index contributed by atoms with van der Waals surface area (Å²) in [5.74, 6) is 0. The molecule has 0 heteroatoms. The van der Waals surface area contributed by atoms with Crippen LogP contribution in [-0.4, -0.2) is 0 Å². The normalized spacial score (nSPS) is 12.2. The summed E-state index contributed by atoms with van der Waals surface area (Å²) in [4.78, 5) is 0. The Morgan fingerprint density at radius 1 is 1.06 bits per heavy atom. The van der Waals surface area contributed by atoms with Gasteiger partial charge in [-0.2, -0.15) is 0 Å². The highest BCUT2D eigenvalue weighted by molar-refractivity contribution is 5.27. The summed E-state index contributed by atoms with van der Waals surface area (Å²) < 4.78 is 0. The zero-order chi connectivity index (χ0) is 13.4. The molecule has 0 heterocycles. The number of benzene rings is 1. The van der Waals surface area contributed by atoms with Crippen LogP contribution >= 0.6 is 0 Å². The van der Waals surface area contributed by atoms with Crippen molar-refractivity contribution < 1.29 is 0 Å². The molecule has 0 aromatic heterocycles. The minimum Gasteiger partial charge on any atom is -0.0760 e. The highest BCUT2D eigenvalue weighted by atomic mass is 14.2. The molecule has 0 aliphatic rings. The summed E-state index contributed by atoms with van der Waals surface area (Å²) in [5.41, 5.74) is 2.98. The Labute approximate surface area is 113 Å². The summed E-state index contributed by atoms with van der Waals surface area (Å²) in [6.07, 6.45) is 11.7. The van der Waals surface area contributed by atoms with Crippen molar-refractivity contribution in [2.45, 2.75) is 59.8 Å². The van der Waals surface area contributed by atoms with Crippen LogP contribution in [0.25, 0.3) is 0 Å². The lowest BCUT2D eigenvalue weighted by molar-refractivity contribution is 0.411. The fraction of sp³-hybridized carbons (Fsp3) is 0.556. The van der Waals surface area contributed by atoms with E-state index in [1.54, 1.807) is 0 Å². The van der Waals surface area contributed by atoms with E-state index in [9.17, 15) is 0 Å². The van der Waals surface area contributed by atoms with Crippen molar-refractivity contribution in [3.05, 3.63) is 47.5 Å². The molecule has 99 valence electrons. The van der Waals surface area contributed by atoms with E-state index in [1.165, 1.54) is 30.4 Å². The van der Waals surface area contributed by atoms with Gasteiger partial charge in [0, 0.05) is 0 Å². The second-order valence-corrected chi connectivity index (χ2v) is 6.28. The van der Waals surface area contributed by atoms with E-state index in [0.29, 0.717) is 5.41 Å². The molecule has 18 heavy (non-hydrogen) atoms. The first-order valence-corrected chi connectivity index (χ1v) is 7.18. The fourth-order valence-corrected chi connectivity index (χ4v) is 2.02. The Morgan fingerprint density at radius 3 is 2.28 bits per heavy atom. The minimum atomic E-state index is 0.362. The maximum absolute atomic E-state index is 3.37. The van der Waals surface area contributed by atoms with Gasteiger partial charge >= 0.3 is 0 Å². The van der Waals surface area contributed by atoms with Crippen LogP contribution in [0.5, 0.6) is 0 Å². The van der Waals surface area contributed by atoms with E-state index in [1.807, 2.05) is 0 Å². The largest absolute Gasteiger partial charge is 0.0760 e. The molecule has 1 aromatic rings. The third-order valence-corrected chi connectivity index (χ3v) is 2.91. The van der Waals surface area contributed by atoms with Crippen molar-refractivity contribution in [2.24, 2.45) is 5.41 Å². The van der Waals surface area contributed by atoms with Crippen LogP contribution in [0.2, 0.25) is 0 Å². The number of rotatable bonds is 6. The van der Waals surface area contributed by atoms with Crippen LogP contribution in [0.4, 0.5) is 0 Å². The first-order valence-electron chi connectivity index (χ1n) is 7.18. The predicted octanol–water partition coefficient (Wildman–Crippen LogP) is 5.56. The molecule has 0 nitrogen and oxygen atoms in total. The standard InChI is InChI=1S/C18H27/c1-5-6-7-8-9-10-16-11-13-17(14-12-16)15-18(2,3)4/h9,11-14H,5-8,15H2,1-4H3. The summed E-state index contributed by atoms with van der Waals surface area (Å²) in [6.45, 7) is 9.07. The molecule has 0 atom stereocenters. The van der Waals surface area contributed by atoms with Gasteiger partial charge in [-0.25, -0.2) is 0 Å². The molecular formula is C18H27. The topological polar surface area (TPSA) is 0 Å². The van der Waals surface area contributed by atoms with Gasteiger partial charge in [-0.15, -0.1) is 0 Å². The van der Waals surface area contributed by atoms with Crippen molar-refractivity contribution in [3.63, 3.8) is 0 Å². The van der Waals surface area contributed by atoms with Crippen molar-refractivity contribution in [1.29, 1.82) is 0 Å². The van der Waals surface area contributed by atoms with Crippen LogP contribution in [0.1, 0.15) is 64.5 Å². The lowest BCUT2D eigenvalue weighted by Crippen LogP contribution is -2.08. The average molecular weight is 243 g/mol. The zero-order valence-corrected chi connectivity index (χ0v) is 12.4. The Bertz CT molecular complexity index is 349. The zero-order valence-electron chi connectivity index (χ0n) is 12.4. The third-order valence-electron chi connectivity index (χ3n) is 2.91. The van der Waals surface area contributed by atoms with Gasteiger partial charge in [0.15, 0.2) is 0 Å². The van der Waals surface area contributed by atoms with Gasteiger partial charge in [-0.05, 0) is 41.9 Å². The maximum atomic E-state index is 3.37. The number of hydrogen-bond acceptors (Lipinski definition) is 0. The van der Waals surface area contributed by atoms with Crippen LogP contribution < -0.4 is 0 Å². The van der Waals surface area contributed by atoms with Gasteiger partial charge in [0.2, 0.25) is 0 Å². The first kappa shape index (κ1) is 15.0. The van der Waals surface area contributed by atoms with E-state index in [0.717, 1.165) is 12.8 Å². The average Bonchev–Trinajstić information content (AvgIpc) is 2.29. The Morgan fingerprint density at radius 2 is 1.72 bits per heavy atom. The predicted molar refractivity (Wildman–Crippen MR) is 80.7 cm³/mol. The van der Waals surface area contributed by atoms with Gasteiger partial charge in [0.1, 0.15) is 0 Å². The highest BCUT2D eigenvalue weighted by Crippen LogP contribution is 2.20. The van der Waals surface area contributed by atoms with Gasteiger partial charge in [-0.1, -0.05) is 70.9 Å². The van der Waals surface area contributed by atoms with E-state index >= 15 is 0 Å². The highest BCUT2D eigenvalue weighted by Gasteiger charge is 2.10. The number of unbranched alkanes of at least 4 members (excludes halogenated alkanes) is 3. The molecular weight excluding hydrogens is 216 g/mol. The molecule has 0 aliphatic carbocycles.